The maximum absolute atomic E-state index is 10.8. The summed E-state index contributed by atoms with van der Waals surface area (Å²) in [4.78, 5) is 3.85. The second-order valence-electron chi connectivity index (χ2n) is 3.24. The predicted molar refractivity (Wildman–Crippen MR) is 59.5 cm³/mol. The first-order valence-electron chi connectivity index (χ1n) is 4.55. The Morgan fingerprint density at radius 1 is 1.00 bits per heavy atom. The van der Waals surface area contributed by atoms with E-state index in [9.17, 15) is 8.42 Å². The Bertz CT molecular complexity index is 576. The van der Waals surface area contributed by atoms with E-state index in [0.717, 1.165) is 11.1 Å². The minimum atomic E-state index is -4.12. The average molecular weight is 235 g/mol. The fourth-order valence-electron chi connectivity index (χ4n) is 1.35. The van der Waals surface area contributed by atoms with Gasteiger partial charge in [-0.15, -0.1) is 0 Å². The fourth-order valence-corrected chi connectivity index (χ4v) is 1.83. The summed E-state index contributed by atoms with van der Waals surface area (Å²) in [7, 11) is -4.12. The van der Waals surface area contributed by atoms with Gasteiger partial charge < -0.3 is 0 Å². The van der Waals surface area contributed by atoms with E-state index in [4.69, 9.17) is 4.55 Å². The highest BCUT2D eigenvalue weighted by molar-refractivity contribution is 7.85. The molecule has 0 atom stereocenters. The van der Waals surface area contributed by atoms with Crippen LogP contribution in [0.25, 0.3) is 11.1 Å². The van der Waals surface area contributed by atoms with Crippen molar-refractivity contribution >= 4 is 10.1 Å². The molecule has 1 aromatic heterocycles. The molecule has 0 aliphatic carbocycles. The molecule has 0 saturated carbocycles. The van der Waals surface area contributed by atoms with Crippen molar-refractivity contribution < 1.29 is 13.0 Å². The molecule has 0 amide bonds. The lowest BCUT2D eigenvalue weighted by Gasteiger charge is -2.01. The molecule has 0 bridgehead atoms. The van der Waals surface area contributed by atoms with Gasteiger partial charge in [0.1, 0.15) is 0 Å². The van der Waals surface area contributed by atoms with Gasteiger partial charge in [-0.25, -0.2) is 0 Å². The van der Waals surface area contributed by atoms with Gasteiger partial charge in [0.05, 0.1) is 4.90 Å². The average Bonchev–Trinajstić information content (AvgIpc) is 2.29. The lowest BCUT2D eigenvalue weighted by Crippen LogP contribution is -1.97. The lowest BCUT2D eigenvalue weighted by atomic mass is 10.1. The highest BCUT2D eigenvalue weighted by atomic mass is 32.2. The Morgan fingerprint density at radius 3 is 2.19 bits per heavy atom. The maximum Gasteiger partial charge on any atom is 0.294 e. The number of hydrogen-bond acceptors (Lipinski definition) is 3. The summed E-state index contributed by atoms with van der Waals surface area (Å²) < 4.78 is 30.5. The minimum Gasteiger partial charge on any atom is -0.282 e. The highest BCUT2D eigenvalue weighted by Gasteiger charge is 2.08. The second kappa shape index (κ2) is 4.03. The standard InChI is InChI=1S/C11H9NO3S/c13-16(14,15)11-5-3-9(4-6-11)10-2-1-7-12-8-10/h1-8H,(H,13,14,15). The van der Waals surface area contributed by atoms with Crippen LogP contribution in [0.1, 0.15) is 0 Å². The summed E-state index contributed by atoms with van der Waals surface area (Å²) in [6.45, 7) is 0. The van der Waals surface area contributed by atoms with Crippen LogP contribution in [-0.4, -0.2) is 18.0 Å². The molecule has 1 heterocycles. The monoisotopic (exact) mass is 235 g/mol. The van der Waals surface area contributed by atoms with Gasteiger partial charge in [-0.2, -0.15) is 8.42 Å². The van der Waals surface area contributed by atoms with E-state index >= 15 is 0 Å². The molecule has 1 N–H and O–H groups in total. The fraction of sp³-hybridized carbons (Fsp3) is 0. The lowest BCUT2D eigenvalue weighted by molar-refractivity contribution is 0.483. The van der Waals surface area contributed by atoms with Crippen molar-refractivity contribution in [1.82, 2.24) is 4.98 Å². The molecule has 0 spiro atoms. The Morgan fingerprint density at radius 2 is 1.69 bits per heavy atom. The number of aromatic nitrogens is 1. The SMILES string of the molecule is O=S(=O)(O)c1ccc(-c2cccnc2)cc1. The number of hydrogen-bond donors (Lipinski definition) is 1. The van der Waals surface area contributed by atoms with Crippen LogP contribution < -0.4 is 0 Å². The first kappa shape index (κ1) is 10.8. The van der Waals surface area contributed by atoms with Crippen LogP contribution in [0.3, 0.4) is 0 Å². The maximum atomic E-state index is 10.8. The summed E-state index contributed by atoms with van der Waals surface area (Å²) in [5, 5.41) is 0. The van der Waals surface area contributed by atoms with E-state index < -0.39 is 10.1 Å². The summed E-state index contributed by atoms with van der Waals surface area (Å²) in [5.74, 6) is 0. The third kappa shape index (κ3) is 2.26. The van der Waals surface area contributed by atoms with E-state index in [0.29, 0.717) is 0 Å². The van der Waals surface area contributed by atoms with Gasteiger partial charge in [0.15, 0.2) is 0 Å². The smallest absolute Gasteiger partial charge is 0.282 e. The summed E-state index contributed by atoms with van der Waals surface area (Å²) >= 11 is 0. The molecule has 0 aliphatic heterocycles. The van der Waals surface area contributed by atoms with Crippen molar-refractivity contribution in [3.05, 3.63) is 48.8 Å². The van der Waals surface area contributed by atoms with Crippen molar-refractivity contribution in [2.24, 2.45) is 0 Å². The van der Waals surface area contributed by atoms with Gasteiger partial charge >= 0.3 is 0 Å². The molecule has 82 valence electrons. The highest BCUT2D eigenvalue weighted by Crippen LogP contribution is 2.19. The van der Waals surface area contributed by atoms with Crippen molar-refractivity contribution in [1.29, 1.82) is 0 Å². The summed E-state index contributed by atoms with van der Waals surface area (Å²) in [5.41, 5.74) is 1.74. The number of benzene rings is 1. The van der Waals surface area contributed by atoms with Crippen LogP contribution in [0.4, 0.5) is 0 Å². The van der Waals surface area contributed by atoms with Crippen LogP contribution in [0.5, 0.6) is 0 Å². The van der Waals surface area contributed by atoms with Crippen molar-refractivity contribution in [3.63, 3.8) is 0 Å². The molecular weight excluding hydrogens is 226 g/mol. The molecule has 2 aromatic rings. The zero-order valence-electron chi connectivity index (χ0n) is 8.24. The van der Waals surface area contributed by atoms with E-state index in [-0.39, 0.29) is 4.90 Å². The molecule has 0 aliphatic rings. The van der Waals surface area contributed by atoms with Crippen LogP contribution >= 0.6 is 0 Å². The number of rotatable bonds is 2. The molecule has 5 heteroatoms. The molecule has 16 heavy (non-hydrogen) atoms. The van der Waals surface area contributed by atoms with Crippen molar-refractivity contribution in [2.75, 3.05) is 0 Å². The Kier molecular flexibility index (Phi) is 2.72. The van der Waals surface area contributed by atoms with E-state index in [1.54, 1.807) is 30.6 Å². The van der Waals surface area contributed by atoms with E-state index in [1.165, 1.54) is 12.1 Å². The van der Waals surface area contributed by atoms with E-state index in [1.807, 2.05) is 6.07 Å². The topological polar surface area (TPSA) is 67.3 Å². The molecule has 2 rings (SSSR count). The van der Waals surface area contributed by atoms with Gasteiger partial charge in [-0.05, 0) is 29.3 Å². The number of pyridine rings is 1. The van der Waals surface area contributed by atoms with Gasteiger partial charge in [-0.1, -0.05) is 18.2 Å². The van der Waals surface area contributed by atoms with E-state index in [2.05, 4.69) is 4.98 Å². The quantitative estimate of drug-likeness (QED) is 0.808. The number of nitrogens with zero attached hydrogens (tertiary/aromatic N) is 1. The molecule has 0 fully saturated rings. The van der Waals surface area contributed by atoms with Gasteiger partial charge in [0.25, 0.3) is 10.1 Å². The van der Waals surface area contributed by atoms with Crippen molar-refractivity contribution in [3.8, 4) is 11.1 Å². The van der Waals surface area contributed by atoms with Crippen molar-refractivity contribution in [2.45, 2.75) is 4.90 Å². The third-order valence-electron chi connectivity index (χ3n) is 2.15. The van der Waals surface area contributed by atoms with Crippen LogP contribution in [0.15, 0.2) is 53.7 Å². The third-order valence-corrected chi connectivity index (χ3v) is 3.01. The van der Waals surface area contributed by atoms with Gasteiger partial charge in [-0.3, -0.25) is 9.54 Å². The molecule has 0 saturated heterocycles. The van der Waals surface area contributed by atoms with Crippen LogP contribution in [0, 0.1) is 0 Å². The Balaban J connectivity index is 2.41. The molecule has 0 radical (unpaired) electrons. The normalized spacial score (nSPS) is 11.3. The Labute approximate surface area is 93.3 Å². The first-order chi connectivity index (χ1) is 7.57. The molecule has 1 aromatic carbocycles. The predicted octanol–water partition coefficient (Wildman–Crippen LogP) is 2.00. The summed E-state index contributed by atoms with van der Waals surface area (Å²) in [6.07, 6.45) is 3.35. The summed E-state index contributed by atoms with van der Waals surface area (Å²) in [6, 6.07) is 9.64. The van der Waals surface area contributed by atoms with Gasteiger partial charge in [0.2, 0.25) is 0 Å². The first-order valence-corrected chi connectivity index (χ1v) is 5.99. The minimum absolute atomic E-state index is 0.111. The van der Waals surface area contributed by atoms with Crippen LogP contribution in [-0.2, 0) is 10.1 Å². The molecular formula is C11H9NO3S. The van der Waals surface area contributed by atoms with Gasteiger partial charge in [0, 0.05) is 12.4 Å². The Hall–Kier alpha value is -1.72. The molecule has 0 unspecified atom stereocenters. The zero-order valence-corrected chi connectivity index (χ0v) is 9.05. The zero-order chi connectivity index (χ0) is 11.6. The second-order valence-corrected chi connectivity index (χ2v) is 4.66. The molecule has 4 nitrogen and oxygen atoms in total. The van der Waals surface area contributed by atoms with Crippen LogP contribution in [0.2, 0.25) is 0 Å². The largest absolute Gasteiger partial charge is 0.294 e.